The van der Waals surface area contributed by atoms with Crippen LogP contribution in [0.15, 0.2) is 0 Å². The van der Waals surface area contributed by atoms with Gasteiger partial charge < -0.3 is 5.32 Å². The van der Waals surface area contributed by atoms with Crippen molar-refractivity contribution >= 4 is 5.91 Å². The van der Waals surface area contributed by atoms with E-state index >= 15 is 0 Å². The molecule has 0 bridgehead atoms. The maximum atomic E-state index is 10.8. The van der Waals surface area contributed by atoms with Crippen molar-refractivity contribution in [2.45, 2.75) is 33.1 Å². The minimum absolute atomic E-state index is 0.0657. The van der Waals surface area contributed by atoms with Crippen molar-refractivity contribution in [3.8, 4) is 0 Å². The molecule has 59 valence electrons. The third-order valence-electron chi connectivity index (χ3n) is 1.22. The molecule has 0 aliphatic rings. The minimum atomic E-state index is 0.0657. The molecule has 0 aromatic rings. The van der Waals surface area contributed by atoms with Crippen LogP contribution in [-0.2, 0) is 4.79 Å². The van der Waals surface area contributed by atoms with Gasteiger partial charge in [0, 0.05) is 13.0 Å². The lowest BCUT2D eigenvalue weighted by atomic mass is 10.3. The normalized spacial score (nSPS) is 9.40. The number of unbranched alkanes of at least 4 members (excludes halogenated alkanes) is 1. The standard InChI is InChI=1S/C8H16NO/c1-3-5-7-9-8(10)6-4-2/h6H,3-5,7H2,1-2H3,(H,9,10). The molecule has 0 spiro atoms. The summed E-state index contributed by atoms with van der Waals surface area (Å²) in [5.74, 6) is 0.0657. The minimum Gasteiger partial charge on any atom is -0.356 e. The van der Waals surface area contributed by atoms with Gasteiger partial charge in [0.15, 0.2) is 0 Å². The highest BCUT2D eigenvalue weighted by Gasteiger charge is 1.95. The molecule has 2 heteroatoms. The van der Waals surface area contributed by atoms with Gasteiger partial charge in [0.2, 0.25) is 5.91 Å². The van der Waals surface area contributed by atoms with Gasteiger partial charge >= 0.3 is 0 Å². The summed E-state index contributed by atoms with van der Waals surface area (Å²) in [6, 6.07) is 0. The predicted octanol–water partition coefficient (Wildman–Crippen LogP) is 1.52. The van der Waals surface area contributed by atoms with E-state index in [4.69, 9.17) is 0 Å². The van der Waals surface area contributed by atoms with E-state index in [-0.39, 0.29) is 5.91 Å². The molecule has 2 nitrogen and oxygen atoms in total. The molecule has 0 fully saturated rings. The first-order valence-corrected chi connectivity index (χ1v) is 3.92. The molecule has 1 radical (unpaired) electrons. The fourth-order valence-corrected chi connectivity index (χ4v) is 0.646. The maximum absolute atomic E-state index is 10.8. The van der Waals surface area contributed by atoms with E-state index < -0.39 is 0 Å². The molecule has 1 N–H and O–H groups in total. The van der Waals surface area contributed by atoms with Crippen LogP contribution in [0.3, 0.4) is 0 Å². The van der Waals surface area contributed by atoms with Crippen molar-refractivity contribution in [1.29, 1.82) is 0 Å². The van der Waals surface area contributed by atoms with E-state index in [0.717, 1.165) is 25.8 Å². The molecule has 10 heavy (non-hydrogen) atoms. The first kappa shape index (κ1) is 9.47. The van der Waals surface area contributed by atoms with E-state index in [1.165, 1.54) is 0 Å². The Hall–Kier alpha value is -0.530. The quantitative estimate of drug-likeness (QED) is 0.579. The summed E-state index contributed by atoms with van der Waals surface area (Å²) in [6.07, 6.45) is 4.68. The number of carbonyl (C=O) groups excluding carboxylic acids is 1. The summed E-state index contributed by atoms with van der Waals surface area (Å²) in [5.41, 5.74) is 0. The molecule has 0 aliphatic carbocycles. The average molecular weight is 142 g/mol. The summed E-state index contributed by atoms with van der Waals surface area (Å²) in [7, 11) is 0. The molecule has 0 rings (SSSR count). The van der Waals surface area contributed by atoms with Crippen LogP contribution in [-0.4, -0.2) is 12.5 Å². The molecule has 0 heterocycles. The first-order valence-electron chi connectivity index (χ1n) is 3.92. The zero-order chi connectivity index (χ0) is 7.82. The Morgan fingerprint density at radius 3 is 2.70 bits per heavy atom. The van der Waals surface area contributed by atoms with Gasteiger partial charge in [0.25, 0.3) is 0 Å². The Morgan fingerprint density at radius 1 is 1.50 bits per heavy atom. The predicted molar refractivity (Wildman–Crippen MR) is 42.5 cm³/mol. The van der Waals surface area contributed by atoms with Crippen LogP contribution in [0.1, 0.15) is 33.1 Å². The van der Waals surface area contributed by atoms with E-state index in [2.05, 4.69) is 12.2 Å². The third-order valence-corrected chi connectivity index (χ3v) is 1.22. The molecular formula is C8H16NO. The molecule has 0 aromatic heterocycles. The Kier molecular flexibility index (Phi) is 6.24. The average Bonchev–Trinajstić information content (AvgIpc) is 1.89. The van der Waals surface area contributed by atoms with Crippen molar-refractivity contribution in [2.75, 3.05) is 6.54 Å². The second-order valence-corrected chi connectivity index (χ2v) is 2.26. The van der Waals surface area contributed by atoms with Gasteiger partial charge in [-0.3, -0.25) is 4.79 Å². The third kappa shape index (κ3) is 5.60. The van der Waals surface area contributed by atoms with Gasteiger partial charge in [-0.05, 0) is 12.8 Å². The molecule has 0 aromatic carbocycles. The zero-order valence-corrected chi connectivity index (χ0v) is 6.81. The Morgan fingerprint density at radius 2 is 2.20 bits per heavy atom. The second kappa shape index (κ2) is 6.59. The van der Waals surface area contributed by atoms with E-state index in [1.807, 2.05) is 6.92 Å². The topological polar surface area (TPSA) is 29.1 Å². The van der Waals surface area contributed by atoms with Crippen LogP contribution in [0.5, 0.6) is 0 Å². The second-order valence-electron chi connectivity index (χ2n) is 2.26. The van der Waals surface area contributed by atoms with E-state index in [0.29, 0.717) is 0 Å². The number of hydrogen-bond donors (Lipinski definition) is 1. The lowest BCUT2D eigenvalue weighted by molar-refractivity contribution is -0.117. The summed E-state index contributed by atoms with van der Waals surface area (Å²) in [4.78, 5) is 10.8. The van der Waals surface area contributed by atoms with Crippen LogP contribution >= 0.6 is 0 Å². The molecule has 0 atom stereocenters. The number of amides is 1. The number of rotatable bonds is 5. The smallest absolute Gasteiger partial charge is 0.223 e. The van der Waals surface area contributed by atoms with E-state index in [1.54, 1.807) is 6.42 Å². The van der Waals surface area contributed by atoms with Gasteiger partial charge in [-0.25, -0.2) is 0 Å². The van der Waals surface area contributed by atoms with Crippen LogP contribution in [0.4, 0.5) is 0 Å². The van der Waals surface area contributed by atoms with Gasteiger partial charge in [0.1, 0.15) is 0 Å². The lowest BCUT2D eigenvalue weighted by Crippen LogP contribution is -2.24. The Bertz CT molecular complexity index is 91.3. The molecular weight excluding hydrogens is 126 g/mol. The summed E-state index contributed by atoms with van der Waals surface area (Å²) in [6.45, 7) is 4.88. The van der Waals surface area contributed by atoms with Crippen LogP contribution in [0, 0.1) is 6.42 Å². The van der Waals surface area contributed by atoms with Crippen LogP contribution < -0.4 is 5.32 Å². The Balaban J connectivity index is 3.05. The molecule has 1 amide bonds. The zero-order valence-electron chi connectivity index (χ0n) is 6.81. The fourth-order valence-electron chi connectivity index (χ4n) is 0.646. The van der Waals surface area contributed by atoms with Crippen LogP contribution in [0.25, 0.3) is 0 Å². The van der Waals surface area contributed by atoms with Crippen molar-refractivity contribution in [1.82, 2.24) is 5.32 Å². The summed E-state index contributed by atoms with van der Waals surface area (Å²) < 4.78 is 0. The lowest BCUT2D eigenvalue weighted by Gasteiger charge is -2.00. The first-order chi connectivity index (χ1) is 4.81. The van der Waals surface area contributed by atoms with E-state index in [9.17, 15) is 4.79 Å². The van der Waals surface area contributed by atoms with Gasteiger partial charge in [-0.2, -0.15) is 0 Å². The highest BCUT2D eigenvalue weighted by molar-refractivity contribution is 5.84. The molecule has 0 saturated heterocycles. The maximum Gasteiger partial charge on any atom is 0.223 e. The highest BCUT2D eigenvalue weighted by Crippen LogP contribution is 1.86. The molecule has 0 saturated carbocycles. The fraction of sp³-hybridized carbons (Fsp3) is 0.750. The van der Waals surface area contributed by atoms with Gasteiger partial charge in [-0.15, -0.1) is 0 Å². The SMILES string of the molecule is CC[CH]C(=O)NCCCC. The number of nitrogens with one attached hydrogen (secondary N) is 1. The van der Waals surface area contributed by atoms with Gasteiger partial charge in [0.05, 0.1) is 0 Å². The highest BCUT2D eigenvalue weighted by atomic mass is 16.1. The number of carbonyl (C=O) groups is 1. The van der Waals surface area contributed by atoms with Crippen molar-refractivity contribution < 1.29 is 4.79 Å². The molecule has 0 unspecified atom stereocenters. The molecule has 0 aliphatic heterocycles. The summed E-state index contributed by atoms with van der Waals surface area (Å²) in [5, 5.41) is 2.79. The summed E-state index contributed by atoms with van der Waals surface area (Å²) >= 11 is 0. The van der Waals surface area contributed by atoms with Crippen molar-refractivity contribution in [2.24, 2.45) is 0 Å². The number of hydrogen-bond acceptors (Lipinski definition) is 1. The van der Waals surface area contributed by atoms with Crippen LogP contribution in [0.2, 0.25) is 0 Å². The Labute approximate surface area is 63.0 Å². The van der Waals surface area contributed by atoms with Gasteiger partial charge in [-0.1, -0.05) is 20.3 Å². The van der Waals surface area contributed by atoms with Crippen molar-refractivity contribution in [3.63, 3.8) is 0 Å². The largest absolute Gasteiger partial charge is 0.356 e. The monoisotopic (exact) mass is 142 g/mol. The van der Waals surface area contributed by atoms with Crippen molar-refractivity contribution in [3.05, 3.63) is 6.42 Å².